The number of nitrogens with one attached hydrogen (secondary N) is 2. The Kier molecular flexibility index (Phi) is 6.78. The standard InChI is InChI=1S/C19H22N6O6S/c1-11-3-5-21-25(11)19-24-23-18(32-19)22-16(26)14-9-13(20-6-8-28-2)15(17(27)31-14)30-12-4-7-29-10-12/h3,5,9,12,20H,4,6-8,10H2,1-2H3,(H,22,23,26)/t12-/m0/s1. The molecule has 2 N–H and O–H groups in total. The van der Waals surface area contributed by atoms with Crippen LogP contribution in [0, 0.1) is 6.92 Å². The number of carbonyl (C=O) groups excluding carboxylic acids is 1. The summed E-state index contributed by atoms with van der Waals surface area (Å²) in [7, 11) is 1.56. The first-order chi connectivity index (χ1) is 15.5. The van der Waals surface area contributed by atoms with Gasteiger partial charge in [0.2, 0.25) is 16.0 Å². The lowest BCUT2D eigenvalue weighted by molar-refractivity contribution is 0.0989. The van der Waals surface area contributed by atoms with E-state index in [1.165, 1.54) is 6.07 Å². The fourth-order valence-corrected chi connectivity index (χ4v) is 3.74. The van der Waals surface area contributed by atoms with Gasteiger partial charge in [-0.05, 0) is 13.0 Å². The zero-order valence-electron chi connectivity index (χ0n) is 17.5. The van der Waals surface area contributed by atoms with E-state index in [0.29, 0.717) is 43.6 Å². The summed E-state index contributed by atoms with van der Waals surface area (Å²) in [5, 5.41) is 18.5. The third-order valence-electron chi connectivity index (χ3n) is 4.57. The molecule has 3 aromatic rings. The van der Waals surface area contributed by atoms with Gasteiger partial charge in [0.05, 0.1) is 25.5 Å². The van der Waals surface area contributed by atoms with Gasteiger partial charge in [-0.3, -0.25) is 10.1 Å². The number of anilines is 2. The Balaban J connectivity index is 1.54. The molecule has 4 rings (SSSR count). The molecule has 0 radical (unpaired) electrons. The second-order valence-electron chi connectivity index (χ2n) is 6.89. The van der Waals surface area contributed by atoms with Gasteiger partial charge in [-0.25, -0.2) is 9.48 Å². The minimum Gasteiger partial charge on any atom is -0.479 e. The number of rotatable bonds is 9. The van der Waals surface area contributed by atoms with Crippen molar-refractivity contribution in [3.8, 4) is 10.9 Å². The molecule has 0 bridgehead atoms. The predicted molar refractivity (Wildman–Crippen MR) is 115 cm³/mol. The van der Waals surface area contributed by atoms with Crippen LogP contribution in [-0.2, 0) is 9.47 Å². The molecule has 0 aliphatic carbocycles. The first-order valence-corrected chi connectivity index (χ1v) is 10.7. The van der Waals surface area contributed by atoms with Crippen molar-refractivity contribution in [3.63, 3.8) is 0 Å². The minimum atomic E-state index is -0.769. The van der Waals surface area contributed by atoms with Crippen LogP contribution < -0.4 is 21.0 Å². The summed E-state index contributed by atoms with van der Waals surface area (Å²) in [6, 6.07) is 3.24. The first kappa shape index (κ1) is 21.9. The molecular weight excluding hydrogens is 440 g/mol. The molecule has 32 heavy (non-hydrogen) atoms. The smallest absolute Gasteiger partial charge is 0.381 e. The highest BCUT2D eigenvalue weighted by atomic mass is 32.1. The monoisotopic (exact) mass is 462 g/mol. The highest BCUT2D eigenvalue weighted by Crippen LogP contribution is 2.26. The van der Waals surface area contributed by atoms with Gasteiger partial charge in [-0.1, -0.05) is 11.3 Å². The quantitative estimate of drug-likeness (QED) is 0.449. The number of amides is 1. The fraction of sp³-hybridized carbons (Fsp3) is 0.421. The van der Waals surface area contributed by atoms with E-state index in [2.05, 4.69) is 25.9 Å². The van der Waals surface area contributed by atoms with Crippen LogP contribution in [0.5, 0.6) is 5.75 Å². The molecule has 0 saturated carbocycles. The van der Waals surface area contributed by atoms with Crippen molar-refractivity contribution < 1.29 is 23.4 Å². The Morgan fingerprint density at radius 3 is 3.00 bits per heavy atom. The normalized spacial score (nSPS) is 15.6. The van der Waals surface area contributed by atoms with Gasteiger partial charge in [0.1, 0.15) is 6.10 Å². The van der Waals surface area contributed by atoms with Crippen molar-refractivity contribution in [2.24, 2.45) is 0 Å². The molecule has 1 aliphatic rings. The molecule has 1 atom stereocenters. The number of carbonyl (C=O) groups is 1. The third kappa shape index (κ3) is 4.95. The van der Waals surface area contributed by atoms with E-state index < -0.39 is 11.5 Å². The van der Waals surface area contributed by atoms with Crippen molar-refractivity contribution >= 4 is 28.1 Å². The molecule has 0 unspecified atom stereocenters. The molecule has 12 nitrogen and oxygen atoms in total. The zero-order chi connectivity index (χ0) is 22.5. The summed E-state index contributed by atoms with van der Waals surface area (Å²) < 4.78 is 22.9. The molecule has 0 aromatic carbocycles. The number of aryl methyl sites for hydroxylation is 1. The van der Waals surface area contributed by atoms with Gasteiger partial charge in [0, 0.05) is 38.0 Å². The van der Waals surface area contributed by atoms with E-state index in [1.54, 1.807) is 18.0 Å². The van der Waals surface area contributed by atoms with Crippen molar-refractivity contribution in [2.75, 3.05) is 44.1 Å². The average Bonchev–Trinajstić information content (AvgIpc) is 3.53. The lowest BCUT2D eigenvalue weighted by atomic mass is 10.3. The third-order valence-corrected chi connectivity index (χ3v) is 5.39. The molecule has 1 amide bonds. The Hall–Kier alpha value is -3.29. The van der Waals surface area contributed by atoms with E-state index in [4.69, 9.17) is 18.6 Å². The van der Waals surface area contributed by atoms with Crippen LogP contribution in [0.2, 0.25) is 0 Å². The van der Waals surface area contributed by atoms with E-state index in [-0.39, 0.29) is 22.7 Å². The molecule has 3 aromatic heterocycles. The summed E-state index contributed by atoms with van der Waals surface area (Å²) in [5.74, 6) is -0.843. The van der Waals surface area contributed by atoms with Crippen LogP contribution in [0.4, 0.5) is 10.8 Å². The lowest BCUT2D eigenvalue weighted by Crippen LogP contribution is -2.23. The Morgan fingerprint density at radius 1 is 1.41 bits per heavy atom. The van der Waals surface area contributed by atoms with Gasteiger partial charge in [0.25, 0.3) is 5.91 Å². The minimum absolute atomic E-state index is 0.000474. The van der Waals surface area contributed by atoms with Gasteiger partial charge in [-0.2, -0.15) is 5.10 Å². The molecule has 1 saturated heterocycles. The maximum Gasteiger partial charge on any atom is 0.381 e. The second-order valence-corrected chi connectivity index (χ2v) is 7.85. The van der Waals surface area contributed by atoms with E-state index >= 15 is 0 Å². The number of nitrogens with zero attached hydrogens (tertiary/aromatic N) is 4. The SMILES string of the molecule is COCCNc1cc(C(=O)Nc2nnc(-n3nccc3C)s2)oc(=O)c1O[C@H]1CCOC1. The Labute approximate surface area is 186 Å². The van der Waals surface area contributed by atoms with E-state index in [1.807, 2.05) is 13.0 Å². The largest absolute Gasteiger partial charge is 0.479 e. The summed E-state index contributed by atoms with van der Waals surface area (Å²) in [5.41, 5.74) is 0.440. The molecule has 4 heterocycles. The van der Waals surface area contributed by atoms with Crippen LogP contribution in [-0.4, -0.2) is 65.5 Å². The van der Waals surface area contributed by atoms with E-state index in [9.17, 15) is 9.59 Å². The van der Waals surface area contributed by atoms with Gasteiger partial charge in [0.15, 0.2) is 5.76 Å². The van der Waals surface area contributed by atoms with Crippen molar-refractivity contribution in [1.82, 2.24) is 20.0 Å². The van der Waals surface area contributed by atoms with Gasteiger partial charge in [-0.15, -0.1) is 10.2 Å². The van der Waals surface area contributed by atoms with Crippen LogP contribution in [0.25, 0.3) is 5.13 Å². The Morgan fingerprint density at radius 2 is 2.28 bits per heavy atom. The van der Waals surface area contributed by atoms with Crippen LogP contribution in [0.3, 0.4) is 0 Å². The summed E-state index contributed by atoms with van der Waals surface area (Å²) >= 11 is 1.13. The van der Waals surface area contributed by atoms with Crippen molar-refractivity contribution in [2.45, 2.75) is 19.4 Å². The predicted octanol–water partition coefficient (Wildman–Crippen LogP) is 1.46. The zero-order valence-corrected chi connectivity index (χ0v) is 18.3. The van der Waals surface area contributed by atoms with Crippen molar-refractivity contribution in [1.29, 1.82) is 0 Å². The topological polar surface area (TPSA) is 143 Å². The number of hydrogen-bond donors (Lipinski definition) is 2. The van der Waals surface area contributed by atoms with Crippen molar-refractivity contribution in [3.05, 3.63) is 40.2 Å². The summed E-state index contributed by atoms with van der Waals surface area (Å²) in [6.45, 7) is 3.62. The molecule has 170 valence electrons. The molecule has 1 fully saturated rings. The summed E-state index contributed by atoms with van der Waals surface area (Å²) in [4.78, 5) is 25.3. The highest BCUT2D eigenvalue weighted by Gasteiger charge is 2.24. The number of aromatic nitrogens is 4. The first-order valence-electron chi connectivity index (χ1n) is 9.86. The number of ether oxygens (including phenoxy) is 3. The summed E-state index contributed by atoms with van der Waals surface area (Å²) in [6.07, 6.45) is 2.04. The van der Waals surface area contributed by atoms with Crippen LogP contribution in [0.1, 0.15) is 22.7 Å². The molecular formula is C19H22N6O6S. The molecule has 0 spiro atoms. The fourth-order valence-electron chi connectivity index (χ4n) is 2.98. The van der Waals surface area contributed by atoms with Crippen LogP contribution in [0.15, 0.2) is 27.5 Å². The number of hydrogen-bond acceptors (Lipinski definition) is 11. The van der Waals surface area contributed by atoms with Crippen LogP contribution >= 0.6 is 11.3 Å². The molecule has 13 heteroatoms. The van der Waals surface area contributed by atoms with Gasteiger partial charge >= 0.3 is 5.63 Å². The van der Waals surface area contributed by atoms with E-state index in [0.717, 1.165) is 17.0 Å². The number of methoxy groups -OCH3 is 1. The van der Waals surface area contributed by atoms with Gasteiger partial charge < -0.3 is 23.9 Å². The maximum absolute atomic E-state index is 12.7. The molecule has 1 aliphatic heterocycles. The lowest BCUT2D eigenvalue weighted by Gasteiger charge is -2.15. The highest BCUT2D eigenvalue weighted by molar-refractivity contribution is 7.17. The average molecular weight is 462 g/mol. The Bertz CT molecular complexity index is 1140. The maximum atomic E-state index is 12.7. The second kappa shape index (κ2) is 9.89.